The van der Waals surface area contributed by atoms with Gasteiger partial charge in [-0.25, -0.2) is 0 Å². The number of hydrogen-bond acceptors (Lipinski definition) is 6. The van der Waals surface area contributed by atoms with Gasteiger partial charge >= 0.3 is 0 Å². The molecule has 1 aromatic carbocycles. The van der Waals surface area contributed by atoms with E-state index in [-0.39, 0.29) is 6.61 Å². The fourth-order valence-corrected chi connectivity index (χ4v) is 1.92. The summed E-state index contributed by atoms with van der Waals surface area (Å²) in [7, 11) is 0. The molecule has 2 aromatic heterocycles. The van der Waals surface area contributed by atoms with Gasteiger partial charge in [0.2, 0.25) is 5.82 Å². The number of nitrogens with two attached hydrogens (primary N) is 1. The van der Waals surface area contributed by atoms with Crippen LogP contribution in [0.15, 0.2) is 47.1 Å². The molecule has 0 amide bonds. The van der Waals surface area contributed by atoms with Gasteiger partial charge in [0, 0.05) is 18.0 Å². The molecule has 106 valence electrons. The monoisotopic (exact) mass is 302 g/mol. The first-order valence-electron chi connectivity index (χ1n) is 6.14. The Bertz CT molecular complexity index is 760. The Hall–Kier alpha value is -2.60. The second kappa shape index (κ2) is 5.80. The minimum atomic E-state index is 0.140. The zero-order chi connectivity index (χ0) is 14.7. The van der Waals surface area contributed by atoms with Gasteiger partial charge in [-0.3, -0.25) is 4.98 Å². The number of rotatable bonds is 4. The summed E-state index contributed by atoms with van der Waals surface area (Å²) in [6.07, 6.45) is 1.61. The highest BCUT2D eigenvalue weighted by Crippen LogP contribution is 2.22. The van der Waals surface area contributed by atoms with E-state index >= 15 is 0 Å². The van der Waals surface area contributed by atoms with Gasteiger partial charge in [-0.05, 0) is 24.3 Å². The predicted molar refractivity (Wildman–Crippen MR) is 77.7 cm³/mol. The second-order valence-corrected chi connectivity index (χ2v) is 4.61. The Kier molecular flexibility index (Phi) is 3.70. The normalized spacial score (nSPS) is 10.5. The number of halogens is 1. The molecule has 2 heterocycles. The molecular weight excluding hydrogens is 292 g/mol. The highest BCUT2D eigenvalue weighted by atomic mass is 35.5. The smallest absolute Gasteiger partial charge is 0.264 e. The van der Waals surface area contributed by atoms with Gasteiger partial charge in [0.1, 0.15) is 11.4 Å². The van der Waals surface area contributed by atoms with Crippen molar-refractivity contribution in [2.45, 2.75) is 6.61 Å². The summed E-state index contributed by atoms with van der Waals surface area (Å²) in [5.74, 6) is 1.28. The van der Waals surface area contributed by atoms with Gasteiger partial charge in [0.25, 0.3) is 5.89 Å². The lowest BCUT2D eigenvalue weighted by Gasteiger charge is -2.03. The Morgan fingerprint density at radius 2 is 2.14 bits per heavy atom. The summed E-state index contributed by atoms with van der Waals surface area (Å²) in [6, 6.07) is 10.5. The van der Waals surface area contributed by atoms with E-state index in [0.717, 1.165) is 0 Å². The Labute approximate surface area is 125 Å². The molecule has 6 nitrogen and oxygen atoms in total. The lowest BCUT2D eigenvalue weighted by molar-refractivity contribution is 0.243. The third-order valence-corrected chi connectivity index (χ3v) is 2.96. The molecule has 0 radical (unpaired) electrons. The number of pyridine rings is 1. The average molecular weight is 303 g/mol. The molecule has 0 aliphatic heterocycles. The van der Waals surface area contributed by atoms with Gasteiger partial charge in [-0.15, -0.1) is 0 Å². The van der Waals surface area contributed by atoms with Crippen LogP contribution < -0.4 is 10.5 Å². The molecule has 0 saturated heterocycles. The average Bonchev–Trinajstić information content (AvgIpc) is 2.94. The summed E-state index contributed by atoms with van der Waals surface area (Å²) in [6.45, 7) is 0.140. The van der Waals surface area contributed by atoms with E-state index in [2.05, 4.69) is 15.1 Å². The van der Waals surface area contributed by atoms with Crippen LogP contribution in [0.5, 0.6) is 5.75 Å². The fraction of sp³-hybridized carbons (Fsp3) is 0.0714. The minimum absolute atomic E-state index is 0.140. The predicted octanol–water partition coefficient (Wildman–Crippen LogP) is 2.95. The molecule has 0 aliphatic carbocycles. The summed E-state index contributed by atoms with van der Waals surface area (Å²) in [4.78, 5) is 8.32. The van der Waals surface area contributed by atoms with E-state index in [9.17, 15) is 0 Å². The van der Waals surface area contributed by atoms with Crippen molar-refractivity contribution in [2.24, 2.45) is 0 Å². The lowest BCUT2D eigenvalue weighted by Crippen LogP contribution is -1.96. The molecular formula is C14H11ClN4O2. The van der Waals surface area contributed by atoms with Gasteiger partial charge in [0.05, 0.1) is 5.02 Å². The maximum Gasteiger partial charge on any atom is 0.264 e. The van der Waals surface area contributed by atoms with Crippen molar-refractivity contribution in [2.75, 3.05) is 5.73 Å². The molecule has 21 heavy (non-hydrogen) atoms. The zero-order valence-corrected chi connectivity index (χ0v) is 11.6. The summed E-state index contributed by atoms with van der Waals surface area (Å²) < 4.78 is 10.6. The van der Waals surface area contributed by atoms with E-state index in [1.165, 1.54) is 0 Å². The standard InChI is InChI=1S/C14H11ClN4O2/c15-11-5-2-6-17-13(11)14-18-12(21-19-14)8-20-10-4-1-3-9(16)7-10/h1-7H,8,16H2. The highest BCUT2D eigenvalue weighted by Gasteiger charge is 2.13. The van der Waals surface area contributed by atoms with Crippen molar-refractivity contribution in [3.8, 4) is 17.3 Å². The molecule has 0 atom stereocenters. The molecule has 0 spiro atoms. The third kappa shape index (κ3) is 3.11. The van der Waals surface area contributed by atoms with Crippen molar-refractivity contribution < 1.29 is 9.26 Å². The van der Waals surface area contributed by atoms with Crippen molar-refractivity contribution in [3.05, 3.63) is 53.5 Å². The van der Waals surface area contributed by atoms with E-state index in [0.29, 0.717) is 33.9 Å². The number of hydrogen-bond donors (Lipinski definition) is 1. The van der Waals surface area contributed by atoms with E-state index < -0.39 is 0 Å². The van der Waals surface area contributed by atoms with Crippen LogP contribution in [0.2, 0.25) is 5.02 Å². The molecule has 2 N–H and O–H groups in total. The molecule has 0 saturated carbocycles. The first-order valence-corrected chi connectivity index (χ1v) is 6.52. The van der Waals surface area contributed by atoms with E-state index in [1.54, 1.807) is 42.6 Å². The first kappa shape index (κ1) is 13.4. The third-order valence-electron chi connectivity index (χ3n) is 2.66. The largest absolute Gasteiger partial charge is 0.484 e. The number of nitrogens with zero attached hydrogens (tertiary/aromatic N) is 3. The Morgan fingerprint density at radius 3 is 2.95 bits per heavy atom. The summed E-state index contributed by atoms with van der Waals surface area (Å²) >= 11 is 6.03. The molecule has 0 bridgehead atoms. The Morgan fingerprint density at radius 1 is 1.24 bits per heavy atom. The second-order valence-electron chi connectivity index (χ2n) is 4.21. The molecule has 3 aromatic rings. The van der Waals surface area contributed by atoms with Gasteiger partial charge in [-0.1, -0.05) is 22.8 Å². The molecule has 3 rings (SSSR count). The van der Waals surface area contributed by atoms with Gasteiger partial charge in [-0.2, -0.15) is 4.98 Å². The van der Waals surface area contributed by atoms with Crippen molar-refractivity contribution in [1.29, 1.82) is 0 Å². The number of benzene rings is 1. The number of ether oxygens (including phenoxy) is 1. The van der Waals surface area contributed by atoms with Crippen LogP contribution in [0.25, 0.3) is 11.5 Å². The van der Waals surface area contributed by atoms with Crippen LogP contribution in [0.4, 0.5) is 5.69 Å². The van der Waals surface area contributed by atoms with Crippen LogP contribution in [0.1, 0.15) is 5.89 Å². The number of nitrogen functional groups attached to an aromatic ring is 1. The van der Waals surface area contributed by atoms with Crippen LogP contribution in [0, 0.1) is 0 Å². The molecule has 7 heteroatoms. The van der Waals surface area contributed by atoms with Crippen molar-refractivity contribution >= 4 is 17.3 Å². The summed E-state index contributed by atoms with van der Waals surface area (Å²) in [5.41, 5.74) is 6.76. The maximum atomic E-state index is 6.03. The fourth-order valence-electron chi connectivity index (χ4n) is 1.71. The molecule has 0 fully saturated rings. The highest BCUT2D eigenvalue weighted by molar-refractivity contribution is 6.32. The van der Waals surface area contributed by atoms with Crippen LogP contribution >= 0.6 is 11.6 Å². The van der Waals surface area contributed by atoms with Gasteiger partial charge < -0.3 is 15.0 Å². The summed E-state index contributed by atoms with van der Waals surface area (Å²) in [5, 5.41) is 4.30. The Balaban J connectivity index is 1.72. The van der Waals surface area contributed by atoms with Gasteiger partial charge in [0.15, 0.2) is 6.61 Å². The van der Waals surface area contributed by atoms with Crippen LogP contribution in [0.3, 0.4) is 0 Å². The first-order chi connectivity index (χ1) is 10.2. The van der Waals surface area contributed by atoms with Crippen LogP contribution in [-0.2, 0) is 6.61 Å². The topological polar surface area (TPSA) is 87.1 Å². The number of aromatic nitrogens is 3. The van der Waals surface area contributed by atoms with Crippen LogP contribution in [-0.4, -0.2) is 15.1 Å². The quantitative estimate of drug-likeness (QED) is 0.746. The lowest BCUT2D eigenvalue weighted by atomic mass is 10.3. The zero-order valence-electron chi connectivity index (χ0n) is 10.9. The SMILES string of the molecule is Nc1cccc(OCc2nc(-c3ncccc3Cl)no2)c1. The molecule has 0 aliphatic rings. The van der Waals surface area contributed by atoms with E-state index in [4.69, 9.17) is 26.6 Å². The van der Waals surface area contributed by atoms with E-state index in [1.807, 2.05) is 0 Å². The number of anilines is 1. The van der Waals surface area contributed by atoms with Crippen molar-refractivity contribution in [1.82, 2.24) is 15.1 Å². The molecule has 0 unspecified atom stereocenters. The van der Waals surface area contributed by atoms with Crippen molar-refractivity contribution in [3.63, 3.8) is 0 Å². The maximum absolute atomic E-state index is 6.03. The minimum Gasteiger partial charge on any atom is -0.484 e.